The summed E-state index contributed by atoms with van der Waals surface area (Å²) < 4.78 is 4.48. The van der Waals surface area contributed by atoms with E-state index in [1.807, 2.05) is 5.43 Å². The van der Waals surface area contributed by atoms with E-state index in [1.54, 1.807) is 6.92 Å². The number of hydrogen-bond donors (Lipinski definition) is 1. The molecule has 0 aliphatic carbocycles. The fourth-order valence-corrected chi connectivity index (χ4v) is 0.324. The van der Waals surface area contributed by atoms with E-state index in [0.717, 1.165) is 0 Å². The van der Waals surface area contributed by atoms with Gasteiger partial charge in [-0.1, -0.05) is 6.58 Å². The molecule has 10 heavy (non-hydrogen) atoms. The third-order valence-corrected chi connectivity index (χ3v) is 0.707. The average molecular weight is 142 g/mol. The Kier molecular flexibility index (Phi) is 3.86. The number of hydrogen-bond acceptors (Lipinski definition) is 3. The third kappa shape index (κ3) is 2.81. The van der Waals surface area contributed by atoms with Gasteiger partial charge in [-0.3, -0.25) is 5.22 Å². The van der Waals surface area contributed by atoms with Gasteiger partial charge in [0.15, 0.2) is 0 Å². The molecule has 0 unspecified atom stereocenters. The molecule has 0 bridgehead atoms. The molecule has 1 N–H and O–H groups in total. The van der Waals surface area contributed by atoms with E-state index >= 15 is 0 Å². The van der Waals surface area contributed by atoms with E-state index in [4.69, 9.17) is 5.53 Å². The fourth-order valence-electron chi connectivity index (χ4n) is 0.324. The molecule has 0 radical (unpaired) electrons. The Morgan fingerprint density at radius 2 is 2.50 bits per heavy atom. The number of rotatable bonds is 4. The summed E-state index contributed by atoms with van der Waals surface area (Å²) in [4.78, 5) is 10.6. The van der Waals surface area contributed by atoms with Gasteiger partial charge in [0.05, 0.1) is 6.61 Å². The van der Waals surface area contributed by atoms with Crippen LogP contribution in [0, 0.1) is 0 Å². The topological polar surface area (TPSA) is 73.0 Å². The summed E-state index contributed by atoms with van der Waals surface area (Å²) in [6.07, 6.45) is 0. The lowest BCUT2D eigenvalue weighted by Gasteiger charge is -2.07. The molecular weight excluding hydrogens is 134 g/mol. The van der Waals surface area contributed by atoms with Crippen LogP contribution >= 0.6 is 0 Å². The van der Waals surface area contributed by atoms with E-state index in [0.29, 0.717) is 0 Å². The van der Waals surface area contributed by atoms with Gasteiger partial charge in [0.1, 0.15) is 0 Å². The third-order valence-electron chi connectivity index (χ3n) is 0.707. The Labute approximate surface area is 58.5 Å². The summed E-state index contributed by atoms with van der Waals surface area (Å²) >= 11 is 0. The molecular formula is C5H8N3O2-. The van der Waals surface area contributed by atoms with Crippen LogP contribution in [-0.2, 0) is 9.53 Å². The molecule has 5 nitrogen and oxygen atoms in total. The van der Waals surface area contributed by atoms with Crippen LogP contribution in [0.1, 0.15) is 6.92 Å². The summed E-state index contributed by atoms with van der Waals surface area (Å²) in [6, 6.07) is 0. The molecule has 0 aliphatic rings. The summed E-state index contributed by atoms with van der Waals surface area (Å²) in [5, 5.41) is 2.49. The van der Waals surface area contributed by atoms with Gasteiger partial charge in [-0.05, 0) is 6.92 Å². The number of carbonyl (C=O) groups is 1. The fraction of sp³-hybridized carbons (Fsp3) is 0.400. The molecule has 0 aromatic heterocycles. The summed E-state index contributed by atoms with van der Waals surface area (Å²) in [6.45, 7) is 5.16. The smallest absolute Gasteiger partial charge is 0.334 e. The van der Waals surface area contributed by atoms with Crippen LogP contribution in [0.25, 0.3) is 5.53 Å². The van der Waals surface area contributed by atoms with Crippen molar-refractivity contribution in [2.45, 2.75) is 6.92 Å². The van der Waals surface area contributed by atoms with Crippen molar-refractivity contribution in [3.63, 3.8) is 0 Å². The number of esters is 1. The zero-order valence-corrected chi connectivity index (χ0v) is 5.63. The van der Waals surface area contributed by atoms with Crippen LogP contribution in [0.5, 0.6) is 0 Å². The van der Waals surface area contributed by atoms with Gasteiger partial charge in [0.25, 0.3) is 0 Å². The van der Waals surface area contributed by atoms with E-state index in [9.17, 15) is 4.79 Å². The number of nitrogens with one attached hydrogen (secondary N) is 1. The zero-order valence-electron chi connectivity index (χ0n) is 5.63. The predicted octanol–water partition coefficient (Wildman–Crippen LogP) is 0.589. The highest BCUT2D eigenvalue weighted by Crippen LogP contribution is 1.88. The average Bonchev–Trinajstić information content (AvgIpc) is 1.89. The van der Waals surface area contributed by atoms with Gasteiger partial charge in [-0.25, -0.2) is 4.79 Å². The molecule has 0 atom stereocenters. The molecule has 0 amide bonds. The maximum Gasteiger partial charge on any atom is 0.334 e. The molecule has 5 heteroatoms. The quantitative estimate of drug-likeness (QED) is 0.270. The Morgan fingerprint density at radius 1 is 1.90 bits per heavy atom. The SMILES string of the molecule is C=C(NN=[N-])C(=O)OCC. The number of carbonyl (C=O) groups excluding carboxylic acids is 1. The van der Waals surface area contributed by atoms with Crippen LogP contribution < -0.4 is 5.43 Å². The highest BCUT2D eigenvalue weighted by atomic mass is 16.5. The minimum absolute atomic E-state index is 0.0932. The minimum Gasteiger partial charge on any atom is -0.463 e. The van der Waals surface area contributed by atoms with Crippen molar-refractivity contribution in [1.29, 1.82) is 0 Å². The van der Waals surface area contributed by atoms with Gasteiger partial charge >= 0.3 is 5.97 Å². The molecule has 0 spiro atoms. The molecule has 0 saturated heterocycles. The Morgan fingerprint density at radius 3 is 2.90 bits per heavy atom. The van der Waals surface area contributed by atoms with E-state index in [2.05, 4.69) is 16.5 Å². The molecule has 56 valence electrons. The first-order chi connectivity index (χ1) is 4.72. The van der Waals surface area contributed by atoms with E-state index in [-0.39, 0.29) is 12.3 Å². The molecule has 0 fully saturated rings. The molecule has 0 saturated carbocycles. The lowest BCUT2D eigenvalue weighted by molar-refractivity contribution is -0.138. The van der Waals surface area contributed by atoms with Crippen LogP contribution in [0.2, 0.25) is 0 Å². The molecule has 0 aromatic carbocycles. The standard InChI is InChI=1S/C5H8N3O2/c1-3-10-5(9)4(2)7-8-6/h2-3H2,1H3,(H-,6,7)/q-1. The van der Waals surface area contributed by atoms with Crippen molar-refractivity contribution in [2.24, 2.45) is 5.22 Å². The molecule has 0 aromatic rings. The second-order valence-electron chi connectivity index (χ2n) is 1.41. The second kappa shape index (κ2) is 4.49. The predicted molar refractivity (Wildman–Crippen MR) is 34.7 cm³/mol. The number of ether oxygens (including phenoxy) is 1. The Balaban J connectivity index is 3.70. The van der Waals surface area contributed by atoms with Gasteiger partial charge < -0.3 is 15.7 Å². The first-order valence-electron chi connectivity index (χ1n) is 2.68. The van der Waals surface area contributed by atoms with E-state index in [1.165, 1.54) is 0 Å². The van der Waals surface area contributed by atoms with Crippen molar-refractivity contribution in [3.8, 4) is 0 Å². The maximum atomic E-state index is 10.6. The van der Waals surface area contributed by atoms with Crippen LogP contribution in [0.3, 0.4) is 0 Å². The highest BCUT2D eigenvalue weighted by molar-refractivity contribution is 5.86. The van der Waals surface area contributed by atoms with Crippen molar-refractivity contribution < 1.29 is 9.53 Å². The molecule has 0 aliphatic heterocycles. The summed E-state index contributed by atoms with van der Waals surface area (Å²) in [5.74, 6) is -0.625. The lowest BCUT2D eigenvalue weighted by atomic mass is 10.5. The second-order valence-corrected chi connectivity index (χ2v) is 1.41. The summed E-state index contributed by atoms with van der Waals surface area (Å²) in [5.41, 5.74) is 9.75. The summed E-state index contributed by atoms with van der Waals surface area (Å²) in [7, 11) is 0. The monoisotopic (exact) mass is 142 g/mol. The van der Waals surface area contributed by atoms with Crippen LogP contribution in [-0.4, -0.2) is 12.6 Å². The van der Waals surface area contributed by atoms with Gasteiger partial charge in [0, 0.05) is 5.70 Å². The highest BCUT2D eigenvalue weighted by Gasteiger charge is 1.99. The molecule has 0 heterocycles. The van der Waals surface area contributed by atoms with Crippen molar-refractivity contribution >= 4 is 5.97 Å². The minimum atomic E-state index is -0.625. The van der Waals surface area contributed by atoms with Gasteiger partial charge in [-0.15, -0.1) is 0 Å². The first kappa shape index (κ1) is 8.61. The van der Waals surface area contributed by atoms with Crippen molar-refractivity contribution in [1.82, 2.24) is 5.43 Å². The first-order valence-corrected chi connectivity index (χ1v) is 2.68. The normalized spacial score (nSPS) is 8.10. The maximum absolute atomic E-state index is 10.6. The van der Waals surface area contributed by atoms with Gasteiger partial charge in [0.2, 0.25) is 0 Å². The van der Waals surface area contributed by atoms with E-state index < -0.39 is 5.97 Å². The van der Waals surface area contributed by atoms with Crippen LogP contribution in [0.4, 0.5) is 0 Å². The Bertz CT molecular complexity index is 155. The largest absolute Gasteiger partial charge is 0.463 e. The van der Waals surface area contributed by atoms with Crippen LogP contribution in [0.15, 0.2) is 17.5 Å². The van der Waals surface area contributed by atoms with Crippen molar-refractivity contribution in [3.05, 3.63) is 17.8 Å². The zero-order chi connectivity index (χ0) is 7.98. The van der Waals surface area contributed by atoms with Crippen molar-refractivity contribution in [2.75, 3.05) is 6.61 Å². The molecule has 0 rings (SSSR count). The number of nitrogens with zero attached hydrogens (tertiary/aromatic N) is 2. The Hall–Kier alpha value is -1.39. The lowest BCUT2D eigenvalue weighted by Crippen LogP contribution is -2.16. The van der Waals surface area contributed by atoms with Gasteiger partial charge in [-0.2, -0.15) is 0 Å².